The molecule has 1 aromatic heterocycles. The lowest BCUT2D eigenvalue weighted by Gasteiger charge is -2.39. The molecule has 0 saturated carbocycles. The van der Waals surface area contributed by atoms with E-state index in [1.165, 1.54) is 12.1 Å². The number of ether oxygens (including phenoxy) is 1. The number of nitrogens with zero attached hydrogens (tertiary/aromatic N) is 2. The van der Waals surface area contributed by atoms with Gasteiger partial charge in [-0.3, -0.25) is 9.88 Å². The van der Waals surface area contributed by atoms with Crippen LogP contribution in [0.2, 0.25) is 0 Å². The zero-order chi connectivity index (χ0) is 15.6. The minimum atomic E-state index is -4.29. The van der Waals surface area contributed by atoms with Gasteiger partial charge >= 0.3 is 6.18 Å². The molecule has 0 radical (unpaired) electrons. The molecule has 0 unspecified atom stereocenters. The van der Waals surface area contributed by atoms with Gasteiger partial charge in [0.05, 0.1) is 5.56 Å². The fourth-order valence-corrected chi connectivity index (χ4v) is 2.44. The third-order valence-electron chi connectivity index (χ3n) is 3.54. The Labute approximate surface area is 126 Å². The first-order chi connectivity index (χ1) is 10.5. The first-order valence-corrected chi connectivity index (χ1v) is 6.96. The molecular formula is C16H15F3N2O. The molecule has 1 aromatic carbocycles. The third-order valence-corrected chi connectivity index (χ3v) is 3.54. The summed E-state index contributed by atoms with van der Waals surface area (Å²) in [6.07, 6.45) is -0.894. The monoisotopic (exact) mass is 308 g/mol. The summed E-state index contributed by atoms with van der Waals surface area (Å²) < 4.78 is 43.7. The molecule has 6 heteroatoms. The second-order valence-electron chi connectivity index (χ2n) is 5.31. The molecule has 116 valence electrons. The van der Waals surface area contributed by atoms with Crippen molar-refractivity contribution < 1.29 is 17.9 Å². The normalized spacial score (nSPS) is 16.3. The Morgan fingerprint density at radius 2 is 1.86 bits per heavy atom. The SMILES string of the molecule is FC(F)(F)c1cccc(CN2CC(Oc3ccncc3)C2)c1. The summed E-state index contributed by atoms with van der Waals surface area (Å²) in [5, 5.41) is 0. The van der Waals surface area contributed by atoms with Crippen molar-refractivity contribution in [2.45, 2.75) is 18.8 Å². The zero-order valence-corrected chi connectivity index (χ0v) is 11.8. The number of likely N-dealkylation sites (tertiary alicyclic amines) is 1. The van der Waals surface area contributed by atoms with E-state index in [1.807, 2.05) is 0 Å². The van der Waals surface area contributed by atoms with Gasteiger partial charge in [0, 0.05) is 32.0 Å². The summed E-state index contributed by atoms with van der Waals surface area (Å²) in [4.78, 5) is 5.97. The van der Waals surface area contributed by atoms with Crippen molar-refractivity contribution >= 4 is 0 Å². The summed E-state index contributed by atoms with van der Waals surface area (Å²) >= 11 is 0. The average Bonchev–Trinajstić information content (AvgIpc) is 2.45. The maximum atomic E-state index is 12.7. The van der Waals surface area contributed by atoms with Crippen LogP contribution in [0.5, 0.6) is 5.75 Å². The number of hydrogen-bond donors (Lipinski definition) is 0. The zero-order valence-electron chi connectivity index (χ0n) is 11.8. The highest BCUT2D eigenvalue weighted by molar-refractivity contribution is 5.26. The van der Waals surface area contributed by atoms with Crippen molar-refractivity contribution in [2.24, 2.45) is 0 Å². The fourth-order valence-electron chi connectivity index (χ4n) is 2.44. The highest BCUT2D eigenvalue weighted by Gasteiger charge is 2.32. The van der Waals surface area contributed by atoms with Crippen LogP contribution in [0, 0.1) is 0 Å². The molecule has 2 heterocycles. The Kier molecular flexibility index (Phi) is 4.02. The lowest BCUT2D eigenvalue weighted by molar-refractivity contribution is -0.137. The van der Waals surface area contributed by atoms with Gasteiger partial charge in [-0.25, -0.2) is 0 Å². The van der Waals surface area contributed by atoms with E-state index in [-0.39, 0.29) is 6.10 Å². The van der Waals surface area contributed by atoms with Gasteiger partial charge < -0.3 is 4.74 Å². The van der Waals surface area contributed by atoms with E-state index in [4.69, 9.17) is 4.74 Å². The van der Waals surface area contributed by atoms with Crippen LogP contribution in [0.1, 0.15) is 11.1 Å². The van der Waals surface area contributed by atoms with E-state index in [0.717, 1.165) is 11.8 Å². The Morgan fingerprint density at radius 1 is 1.14 bits per heavy atom. The van der Waals surface area contributed by atoms with Crippen LogP contribution < -0.4 is 4.74 Å². The smallest absolute Gasteiger partial charge is 0.416 e. The highest BCUT2D eigenvalue weighted by atomic mass is 19.4. The van der Waals surface area contributed by atoms with Crippen LogP contribution in [-0.4, -0.2) is 29.1 Å². The number of hydrogen-bond acceptors (Lipinski definition) is 3. The number of alkyl halides is 3. The van der Waals surface area contributed by atoms with Gasteiger partial charge in [0.15, 0.2) is 0 Å². The van der Waals surface area contributed by atoms with Crippen LogP contribution in [0.15, 0.2) is 48.8 Å². The third kappa shape index (κ3) is 3.57. The van der Waals surface area contributed by atoms with Gasteiger partial charge in [0.25, 0.3) is 0 Å². The van der Waals surface area contributed by atoms with Crippen molar-refractivity contribution in [3.63, 3.8) is 0 Å². The van der Waals surface area contributed by atoms with Crippen molar-refractivity contribution in [1.29, 1.82) is 0 Å². The molecule has 1 fully saturated rings. The van der Waals surface area contributed by atoms with E-state index < -0.39 is 11.7 Å². The van der Waals surface area contributed by atoms with E-state index in [9.17, 15) is 13.2 Å². The van der Waals surface area contributed by atoms with E-state index >= 15 is 0 Å². The van der Waals surface area contributed by atoms with Crippen molar-refractivity contribution in [1.82, 2.24) is 9.88 Å². The van der Waals surface area contributed by atoms with E-state index in [0.29, 0.717) is 25.2 Å². The van der Waals surface area contributed by atoms with E-state index in [2.05, 4.69) is 9.88 Å². The molecule has 0 spiro atoms. The summed E-state index contributed by atoms with van der Waals surface area (Å²) in [7, 11) is 0. The maximum absolute atomic E-state index is 12.7. The Morgan fingerprint density at radius 3 is 2.55 bits per heavy atom. The molecule has 3 rings (SSSR count). The molecule has 1 aliphatic rings. The predicted molar refractivity (Wildman–Crippen MR) is 75.4 cm³/mol. The molecule has 2 aromatic rings. The summed E-state index contributed by atoms with van der Waals surface area (Å²) in [6, 6.07) is 9.03. The lowest BCUT2D eigenvalue weighted by atomic mass is 10.1. The Bertz CT molecular complexity index is 625. The second-order valence-corrected chi connectivity index (χ2v) is 5.31. The molecule has 1 aliphatic heterocycles. The molecule has 1 saturated heterocycles. The van der Waals surface area contributed by atoms with Crippen LogP contribution in [0.3, 0.4) is 0 Å². The fraction of sp³-hybridized carbons (Fsp3) is 0.312. The van der Waals surface area contributed by atoms with Gasteiger partial charge in [-0.05, 0) is 23.8 Å². The van der Waals surface area contributed by atoms with Crippen molar-refractivity contribution in [2.75, 3.05) is 13.1 Å². The van der Waals surface area contributed by atoms with Crippen LogP contribution in [0.25, 0.3) is 0 Å². The van der Waals surface area contributed by atoms with Crippen LogP contribution in [-0.2, 0) is 12.7 Å². The summed E-state index contributed by atoms with van der Waals surface area (Å²) in [5.41, 5.74) is 0.0623. The van der Waals surface area contributed by atoms with Gasteiger partial charge in [-0.1, -0.05) is 18.2 Å². The number of rotatable bonds is 4. The molecule has 0 bridgehead atoms. The lowest BCUT2D eigenvalue weighted by Crippen LogP contribution is -2.53. The van der Waals surface area contributed by atoms with Crippen molar-refractivity contribution in [3.05, 3.63) is 59.9 Å². The second kappa shape index (κ2) is 5.96. The number of aromatic nitrogens is 1. The molecule has 0 N–H and O–H groups in total. The first-order valence-electron chi connectivity index (χ1n) is 6.96. The topological polar surface area (TPSA) is 25.4 Å². The first kappa shape index (κ1) is 14.8. The van der Waals surface area contributed by atoms with Crippen LogP contribution in [0.4, 0.5) is 13.2 Å². The van der Waals surface area contributed by atoms with E-state index in [1.54, 1.807) is 30.6 Å². The number of halogens is 3. The van der Waals surface area contributed by atoms with Gasteiger partial charge in [-0.2, -0.15) is 13.2 Å². The maximum Gasteiger partial charge on any atom is 0.416 e. The molecule has 22 heavy (non-hydrogen) atoms. The highest BCUT2D eigenvalue weighted by Crippen LogP contribution is 2.30. The van der Waals surface area contributed by atoms with Crippen LogP contribution >= 0.6 is 0 Å². The molecule has 0 aliphatic carbocycles. The summed E-state index contributed by atoms with van der Waals surface area (Å²) in [5.74, 6) is 0.763. The molecule has 3 nitrogen and oxygen atoms in total. The summed E-state index contributed by atoms with van der Waals surface area (Å²) in [6.45, 7) is 1.91. The molecule has 0 amide bonds. The number of pyridine rings is 1. The van der Waals surface area contributed by atoms with Gasteiger partial charge in [-0.15, -0.1) is 0 Å². The molecule has 0 atom stereocenters. The van der Waals surface area contributed by atoms with Crippen molar-refractivity contribution in [3.8, 4) is 5.75 Å². The number of benzene rings is 1. The van der Waals surface area contributed by atoms with Gasteiger partial charge in [0.2, 0.25) is 0 Å². The minimum absolute atomic E-state index is 0.0770. The quantitative estimate of drug-likeness (QED) is 0.866. The largest absolute Gasteiger partial charge is 0.488 e. The average molecular weight is 308 g/mol. The Balaban J connectivity index is 1.52. The predicted octanol–water partition coefficient (Wildman–Crippen LogP) is 3.36. The Hall–Kier alpha value is -2.08. The minimum Gasteiger partial charge on any atom is -0.488 e. The van der Waals surface area contributed by atoms with Gasteiger partial charge in [0.1, 0.15) is 11.9 Å². The molecular weight excluding hydrogens is 293 g/mol. The standard InChI is InChI=1S/C16H15F3N2O/c17-16(18,19)13-3-1-2-12(8-13)9-21-10-15(11-21)22-14-4-6-20-7-5-14/h1-8,15H,9-11H2.